The van der Waals surface area contributed by atoms with Crippen LogP contribution in [0.25, 0.3) is 0 Å². The summed E-state index contributed by atoms with van der Waals surface area (Å²) in [5.41, 5.74) is 0.936. The van der Waals surface area contributed by atoms with Gasteiger partial charge in [0, 0.05) is 20.1 Å². The third-order valence-electron chi connectivity index (χ3n) is 3.18. The highest BCUT2D eigenvalue weighted by Gasteiger charge is 2.27. The van der Waals surface area contributed by atoms with Crippen molar-refractivity contribution in [2.24, 2.45) is 0 Å². The fourth-order valence-electron chi connectivity index (χ4n) is 2.08. The van der Waals surface area contributed by atoms with Crippen LogP contribution in [0.5, 0.6) is 0 Å². The number of aliphatic hydroxyl groups is 1. The molecule has 0 aliphatic carbocycles. The molecular weight excluding hydrogens is 244 g/mol. The molecule has 1 fully saturated rings. The molecule has 1 aromatic rings. The normalized spacial score (nSPS) is 23.9. The molecule has 0 saturated carbocycles. The Kier molecular flexibility index (Phi) is 4.76. The number of hydrogen-bond acceptors (Lipinski definition) is 4. The van der Waals surface area contributed by atoms with E-state index in [2.05, 4.69) is 12.4 Å². The van der Waals surface area contributed by atoms with E-state index in [9.17, 15) is 9.90 Å². The fraction of sp³-hybridized carbons (Fsp3) is 0.429. The summed E-state index contributed by atoms with van der Waals surface area (Å²) < 4.78 is 5.12. The predicted molar refractivity (Wildman–Crippen MR) is 71.1 cm³/mol. The largest absolute Gasteiger partial charge is 0.445 e. The average Bonchev–Trinajstić information content (AvgIpc) is 2.41. The van der Waals surface area contributed by atoms with Crippen LogP contribution in [-0.2, 0) is 11.3 Å². The number of β-amino-alcohol motifs (C(OH)–C–C–N with tert-alkyl or cyclic N) is 1. The van der Waals surface area contributed by atoms with Gasteiger partial charge in [0.1, 0.15) is 6.61 Å². The molecule has 1 aromatic carbocycles. The van der Waals surface area contributed by atoms with Gasteiger partial charge in [0.2, 0.25) is 0 Å². The lowest BCUT2D eigenvalue weighted by atomic mass is 10.0. The van der Waals surface area contributed by atoms with Gasteiger partial charge in [-0.1, -0.05) is 30.3 Å². The number of piperidine rings is 1. The number of likely N-dealkylation sites (tertiary alicyclic amines) is 1. The molecule has 0 aromatic heterocycles. The number of carbonyl (C=O) groups is 1. The number of nitrogens with one attached hydrogen (secondary N) is 1. The molecular formula is C14H19N2O3. The zero-order valence-electron chi connectivity index (χ0n) is 10.8. The highest BCUT2D eigenvalue weighted by atomic mass is 16.5. The SMILES string of the molecule is [CH2]N1CCC(NC(=O)OCc2ccccc2)C(O)C1. The molecule has 0 bridgehead atoms. The van der Waals surface area contributed by atoms with Crippen molar-refractivity contribution in [3.63, 3.8) is 0 Å². The van der Waals surface area contributed by atoms with E-state index in [0.717, 1.165) is 12.1 Å². The molecule has 103 valence electrons. The van der Waals surface area contributed by atoms with E-state index in [1.54, 1.807) is 4.90 Å². The van der Waals surface area contributed by atoms with Gasteiger partial charge < -0.3 is 15.2 Å². The topological polar surface area (TPSA) is 61.8 Å². The molecule has 2 unspecified atom stereocenters. The monoisotopic (exact) mass is 263 g/mol. The molecule has 1 aliphatic rings. The number of hydrogen-bond donors (Lipinski definition) is 2. The highest BCUT2D eigenvalue weighted by molar-refractivity contribution is 5.67. The molecule has 1 aliphatic heterocycles. The van der Waals surface area contributed by atoms with Crippen molar-refractivity contribution in [1.82, 2.24) is 10.2 Å². The maximum Gasteiger partial charge on any atom is 0.407 e. The predicted octanol–water partition coefficient (Wildman–Crippen LogP) is 1.14. The van der Waals surface area contributed by atoms with Gasteiger partial charge in [-0.3, -0.25) is 4.90 Å². The van der Waals surface area contributed by atoms with E-state index in [-0.39, 0.29) is 12.6 Å². The Balaban J connectivity index is 1.75. The Morgan fingerprint density at radius 3 is 2.89 bits per heavy atom. The standard InChI is InChI=1S/C14H19N2O3/c1-16-8-7-12(13(17)9-16)15-14(18)19-10-11-5-3-2-4-6-11/h2-6,12-13,17H,1,7-10H2,(H,15,18). The lowest BCUT2D eigenvalue weighted by Gasteiger charge is -2.33. The van der Waals surface area contributed by atoms with E-state index < -0.39 is 12.2 Å². The van der Waals surface area contributed by atoms with E-state index in [0.29, 0.717) is 13.0 Å². The molecule has 5 heteroatoms. The van der Waals surface area contributed by atoms with Gasteiger partial charge in [0.05, 0.1) is 12.1 Å². The van der Waals surface area contributed by atoms with Crippen LogP contribution in [0.4, 0.5) is 4.79 Å². The first-order chi connectivity index (χ1) is 9.15. The number of alkyl carbamates (subject to hydrolysis) is 1. The maximum atomic E-state index is 11.6. The van der Waals surface area contributed by atoms with Crippen LogP contribution in [-0.4, -0.2) is 41.3 Å². The van der Waals surface area contributed by atoms with Gasteiger partial charge in [0.25, 0.3) is 0 Å². The number of aliphatic hydroxyl groups excluding tert-OH is 1. The van der Waals surface area contributed by atoms with Gasteiger partial charge in [-0.05, 0) is 12.0 Å². The van der Waals surface area contributed by atoms with Crippen molar-refractivity contribution in [3.8, 4) is 0 Å². The number of rotatable bonds is 3. The minimum absolute atomic E-state index is 0.233. The van der Waals surface area contributed by atoms with Gasteiger partial charge in [-0.2, -0.15) is 0 Å². The van der Waals surface area contributed by atoms with Crippen LogP contribution in [0.3, 0.4) is 0 Å². The molecule has 2 N–H and O–H groups in total. The summed E-state index contributed by atoms with van der Waals surface area (Å²) in [6.07, 6.45) is -0.425. The van der Waals surface area contributed by atoms with Crippen molar-refractivity contribution in [2.45, 2.75) is 25.2 Å². The lowest BCUT2D eigenvalue weighted by molar-refractivity contribution is 0.0529. The smallest absolute Gasteiger partial charge is 0.407 e. The maximum absolute atomic E-state index is 11.6. The van der Waals surface area contributed by atoms with Crippen LogP contribution >= 0.6 is 0 Å². The molecule has 2 atom stereocenters. The first-order valence-corrected chi connectivity index (χ1v) is 6.36. The molecule has 1 radical (unpaired) electrons. The molecule has 0 spiro atoms. The minimum Gasteiger partial charge on any atom is -0.445 e. The van der Waals surface area contributed by atoms with Crippen LogP contribution < -0.4 is 5.32 Å². The number of carbonyl (C=O) groups excluding carboxylic acids is 1. The van der Waals surface area contributed by atoms with Crippen LogP contribution in [0, 0.1) is 7.05 Å². The average molecular weight is 263 g/mol. The first-order valence-electron chi connectivity index (χ1n) is 6.36. The van der Waals surface area contributed by atoms with Crippen LogP contribution in [0.2, 0.25) is 0 Å². The second-order valence-corrected chi connectivity index (χ2v) is 4.75. The summed E-state index contributed by atoms with van der Waals surface area (Å²) in [5.74, 6) is 0. The third-order valence-corrected chi connectivity index (χ3v) is 3.18. The molecule has 2 rings (SSSR count). The Morgan fingerprint density at radius 1 is 1.47 bits per heavy atom. The third kappa shape index (κ3) is 4.22. The van der Waals surface area contributed by atoms with E-state index in [1.165, 1.54) is 0 Å². The zero-order valence-corrected chi connectivity index (χ0v) is 10.8. The van der Waals surface area contributed by atoms with Gasteiger partial charge in [-0.15, -0.1) is 0 Å². The minimum atomic E-state index is -0.601. The van der Waals surface area contributed by atoms with Gasteiger partial charge in [0.15, 0.2) is 0 Å². The number of ether oxygens (including phenoxy) is 1. The molecule has 1 heterocycles. The molecule has 1 saturated heterocycles. The number of amides is 1. The van der Waals surface area contributed by atoms with Crippen molar-refractivity contribution >= 4 is 6.09 Å². The van der Waals surface area contributed by atoms with Crippen LogP contribution in [0.15, 0.2) is 30.3 Å². The molecule has 5 nitrogen and oxygen atoms in total. The Bertz CT molecular complexity index is 410. The van der Waals surface area contributed by atoms with E-state index in [4.69, 9.17) is 4.74 Å². The van der Waals surface area contributed by atoms with E-state index in [1.807, 2.05) is 30.3 Å². The Labute approximate surface area is 113 Å². The van der Waals surface area contributed by atoms with Crippen molar-refractivity contribution in [1.29, 1.82) is 0 Å². The van der Waals surface area contributed by atoms with Gasteiger partial charge >= 0.3 is 6.09 Å². The lowest BCUT2D eigenvalue weighted by Crippen LogP contribution is -2.52. The van der Waals surface area contributed by atoms with Crippen molar-refractivity contribution < 1.29 is 14.6 Å². The van der Waals surface area contributed by atoms with Crippen LogP contribution in [0.1, 0.15) is 12.0 Å². The second-order valence-electron chi connectivity index (χ2n) is 4.75. The summed E-state index contributed by atoms with van der Waals surface area (Å²) in [7, 11) is 3.77. The van der Waals surface area contributed by atoms with Crippen molar-refractivity contribution in [3.05, 3.63) is 42.9 Å². The summed E-state index contributed by atoms with van der Waals surface area (Å²) >= 11 is 0. The van der Waals surface area contributed by atoms with Crippen molar-refractivity contribution in [2.75, 3.05) is 13.1 Å². The molecule has 1 amide bonds. The number of nitrogens with zero attached hydrogens (tertiary/aromatic N) is 1. The highest BCUT2D eigenvalue weighted by Crippen LogP contribution is 2.10. The van der Waals surface area contributed by atoms with E-state index >= 15 is 0 Å². The van der Waals surface area contributed by atoms with Gasteiger partial charge in [-0.25, -0.2) is 4.79 Å². The first kappa shape index (κ1) is 13.8. The molecule has 19 heavy (non-hydrogen) atoms. The fourth-order valence-corrected chi connectivity index (χ4v) is 2.08. The zero-order chi connectivity index (χ0) is 13.7. The summed E-state index contributed by atoms with van der Waals surface area (Å²) in [6.45, 7) is 1.45. The number of benzene rings is 1. The quantitative estimate of drug-likeness (QED) is 0.858. The Morgan fingerprint density at radius 2 is 2.21 bits per heavy atom. The summed E-state index contributed by atoms with van der Waals surface area (Å²) in [6, 6.07) is 9.22. The summed E-state index contributed by atoms with van der Waals surface area (Å²) in [5, 5.41) is 12.5. The second kappa shape index (κ2) is 6.54. The Hall–Kier alpha value is -1.59. The summed E-state index contributed by atoms with van der Waals surface area (Å²) in [4.78, 5) is 13.4.